The largest absolute Gasteiger partial charge is 0.342 e. The van der Waals surface area contributed by atoms with Gasteiger partial charge in [0.1, 0.15) is 5.82 Å². The van der Waals surface area contributed by atoms with Gasteiger partial charge >= 0.3 is 0 Å². The Balaban J connectivity index is 1.49. The number of fused-ring (bicyclic) bond motifs is 1. The summed E-state index contributed by atoms with van der Waals surface area (Å²) < 4.78 is 26.6. The molecule has 0 aliphatic heterocycles. The summed E-state index contributed by atoms with van der Waals surface area (Å²) >= 11 is 12.5. The van der Waals surface area contributed by atoms with Gasteiger partial charge in [0.2, 0.25) is 5.92 Å². The molecule has 1 aromatic heterocycles. The van der Waals surface area contributed by atoms with Crippen molar-refractivity contribution in [2.45, 2.75) is 44.4 Å². The lowest BCUT2D eigenvalue weighted by Crippen LogP contribution is -2.25. The van der Waals surface area contributed by atoms with Crippen LogP contribution in [0.4, 0.5) is 8.78 Å². The predicted octanol–water partition coefficient (Wildman–Crippen LogP) is 6.86. The Morgan fingerprint density at radius 1 is 1.14 bits per heavy atom. The number of H-pyrrole nitrogens is 1. The molecular weight excluding hydrogens is 417 g/mol. The van der Waals surface area contributed by atoms with Gasteiger partial charge in [-0.05, 0) is 54.7 Å². The molecule has 0 amide bonds. The minimum Gasteiger partial charge on any atom is -0.342 e. The number of halogens is 4. The van der Waals surface area contributed by atoms with Crippen LogP contribution >= 0.6 is 23.2 Å². The second-order valence-corrected chi connectivity index (χ2v) is 8.53. The van der Waals surface area contributed by atoms with Crippen LogP contribution in [0.15, 0.2) is 36.4 Å². The minimum absolute atomic E-state index is 0.0209. The fourth-order valence-electron chi connectivity index (χ4n) is 3.87. The second kappa shape index (κ2) is 8.04. The molecule has 1 N–H and O–H groups in total. The van der Waals surface area contributed by atoms with Crippen LogP contribution in [0.3, 0.4) is 0 Å². The molecule has 1 saturated carbocycles. The summed E-state index contributed by atoms with van der Waals surface area (Å²) in [5.74, 6) is -1.87. The van der Waals surface area contributed by atoms with E-state index < -0.39 is 5.92 Å². The smallest absolute Gasteiger partial charge is 0.248 e. The molecule has 4 rings (SSSR count). The number of ketones is 1. The van der Waals surface area contributed by atoms with Crippen molar-refractivity contribution in [1.82, 2.24) is 9.97 Å². The average molecular weight is 437 g/mol. The van der Waals surface area contributed by atoms with Crippen LogP contribution in [0, 0.1) is 5.92 Å². The van der Waals surface area contributed by atoms with Gasteiger partial charge in [-0.25, -0.2) is 13.8 Å². The maximum atomic E-state index is 13.3. The van der Waals surface area contributed by atoms with Crippen molar-refractivity contribution >= 4 is 40.0 Å². The number of hydrogen-bond acceptors (Lipinski definition) is 2. The quantitative estimate of drug-likeness (QED) is 0.444. The summed E-state index contributed by atoms with van der Waals surface area (Å²) in [6, 6.07) is 10.7. The fraction of sp³-hybridized carbons (Fsp3) is 0.364. The summed E-state index contributed by atoms with van der Waals surface area (Å²) in [5.41, 5.74) is 2.86. The highest BCUT2D eigenvalue weighted by atomic mass is 35.5. The highest BCUT2D eigenvalue weighted by Crippen LogP contribution is 2.38. The lowest BCUT2D eigenvalue weighted by atomic mass is 9.83. The summed E-state index contributed by atoms with van der Waals surface area (Å²) in [6.45, 7) is 0. The minimum atomic E-state index is -2.57. The molecule has 0 saturated heterocycles. The van der Waals surface area contributed by atoms with Gasteiger partial charge in [0, 0.05) is 41.3 Å². The van der Waals surface area contributed by atoms with Gasteiger partial charge in [-0.1, -0.05) is 29.3 Å². The highest BCUT2D eigenvalue weighted by Gasteiger charge is 2.35. The van der Waals surface area contributed by atoms with E-state index in [9.17, 15) is 13.6 Å². The number of Topliss-reactive ketones (excluding diaryl/α,β-unsaturated/α-hetero) is 1. The normalized spacial score (nSPS) is 17.0. The maximum Gasteiger partial charge on any atom is 0.248 e. The lowest BCUT2D eigenvalue weighted by Gasteiger charge is -2.27. The molecule has 152 valence electrons. The first-order chi connectivity index (χ1) is 13.8. The molecule has 1 aliphatic rings. The summed E-state index contributed by atoms with van der Waals surface area (Å²) in [7, 11) is 0. The van der Waals surface area contributed by atoms with Gasteiger partial charge in [-0.2, -0.15) is 0 Å². The number of carbonyl (C=O) groups is 1. The number of alkyl halides is 2. The summed E-state index contributed by atoms with van der Waals surface area (Å²) in [4.78, 5) is 20.4. The first kappa shape index (κ1) is 20.3. The molecule has 2 aromatic carbocycles. The van der Waals surface area contributed by atoms with Gasteiger partial charge in [0.25, 0.3) is 0 Å². The van der Waals surface area contributed by atoms with E-state index in [-0.39, 0.29) is 24.5 Å². The number of benzene rings is 2. The van der Waals surface area contributed by atoms with E-state index >= 15 is 0 Å². The van der Waals surface area contributed by atoms with E-state index in [1.165, 1.54) is 0 Å². The first-order valence-electron chi connectivity index (χ1n) is 9.63. The van der Waals surface area contributed by atoms with E-state index in [0.29, 0.717) is 47.1 Å². The van der Waals surface area contributed by atoms with Crippen molar-refractivity contribution in [1.29, 1.82) is 0 Å². The van der Waals surface area contributed by atoms with Crippen molar-refractivity contribution < 1.29 is 13.6 Å². The number of nitrogens with zero attached hydrogens (tertiary/aromatic N) is 1. The number of nitrogens with one attached hydrogen (secondary N) is 1. The van der Waals surface area contributed by atoms with E-state index in [2.05, 4.69) is 9.97 Å². The third-order valence-corrected chi connectivity index (χ3v) is 6.28. The van der Waals surface area contributed by atoms with Crippen LogP contribution in [0.5, 0.6) is 0 Å². The van der Waals surface area contributed by atoms with Gasteiger partial charge in [-0.15, -0.1) is 0 Å². The maximum absolute atomic E-state index is 13.3. The number of hydrogen-bond donors (Lipinski definition) is 1. The molecule has 0 unspecified atom stereocenters. The SMILES string of the molecule is O=C(CC1CCC(F)(F)CC1)c1ccc2nc(Cc3c(Cl)cccc3Cl)[nH]c2c1. The van der Waals surface area contributed by atoms with E-state index in [1.54, 1.807) is 36.4 Å². The molecule has 29 heavy (non-hydrogen) atoms. The van der Waals surface area contributed by atoms with Crippen molar-refractivity contribution in [3.05, 3.63) is 63.4 Å². The molecular formula is C22H20Cl2F2N2O. The Morgan fingerprint density at radius 3 is 2.52 bits per heavy atom. The molecule has 1 aliphatic carbocycles. The Labute approximate surface area is 177 Å². The number of aromatic amines is 1. The summed E-state index contributed by atoms with van der Waals surface area (Å²) in [5, 5.41) is 1.15. The van der Waals surface area contributed by atoms with Crippen LogP contribution in [-0.2, 0) is 6.42 Å². The Hall–Kier alpha value is -1.98. The van der Waals surface area contributed by atoms with Crippen molar-refractivity contribution in [2.24, 2.45) is 5.92 Å². The van der Waals surface area contributed by atoms with Crippen LogP contribution in [0.25, 0.3) is 11.0 Å². The molecule has 0 atom stereocenters. The summed E-state index contributed by atoms with van der Waals surface area (Å²) in [6.07, 6.45) is 1.29. The number of imidazole rings is 1. The lowest BCUT2D eigenvalue weighted by molar-refractivity contribution is -0.0458. The Bertz CT molecular complexity index is 1030. The second-order valence-electron chi connectivity index (χ2n) is 7.72. The van der Waals surface area contributed by atoms with Crippen LogP contribution in [0.1, 0.15) is 53.8 Å². The van der Waals surface area contributed by atoms with Crippen LogP contribution < -0.4 is 0 Å². The van der Waals surface area contributed by atoms with Gasteiger partial charge in [-0.3, -0.25) is 4.79 Å². The Kier molecular flexibility index (Phi) is 5.63. The Morgan fingerprint density at radius 2 is 1.83 bits per heavy atom. The third-order valence-electron chi connectivity index (χ3n) is 5.57. The third kappa shape index (κ3) is 4.62. The van der Waals surface area contributed by atoms with E-state index in [4.69, 9.17) is 23.2 Å². The molecule has 3 aromatic rings. The number of aromatic nitrogens is 2. The zero-order chi connectivity index (χ0) is 20.6. The molecule has 7 heteroatoms. The number of carbonyl (C=O) groups excluding carboxylic acids is 1. The van der Waals surface area contributed by atoms with Crippen molar-refractivity contribution in [2.75, 3.05) is 0 Å². The van der Waals surface area contributed by atoms with Crippen LogP contribution in [-0.4, -0.2) is 21.7 Å². The first-order valence-corrected chi connectivity index (χ1v) is 10.4. The van der Waals surface area contributed by atoms with E-state index in [0.717, 1.165) is 16.6 Å². The van der Waals surface area contributed by atoms with Crippen molar-refractivity contribution in [3.8, 4) is 0 Å². The topological polar surface area (TPSA) is 45.8 Å². The fourth-order valence-corrected chi connectivity index (χ4v) is 4.40. The standard InChI is InChI=1S/C22H20Cl2F2N2O/c23-16-2-1-3-17(24)15(16)12-21-27-18-5-4-14(11-19(18)28-21)20(29)10-13-6-8-22(25,26)9-7-13/h1-5,11,13H,6-10,12H2,(H,27,28). The van der Waals surface area contributed by atoms with Crippen LogP contribution in [0.2, 0.25) is 10.0 Å². The molecule has 0 bridgehead atoms. The van der Waals surface area contributed by atoms with Gasteiger partial charge in [0.15, 0.2) is 5.78 Å². The zero-order valence-corrected chi connectivity index (χ0v) is 17.2. The molecule has 0 radical (unpaired) electrons. The predicted molar refractivity (Wildman–Crippen MR) is 111 cm³/mol. The molecule has 3 nitrogen and oxygen atoms in total. The average Bonchev–Trinajstić information content (AvgIpc) is 3.08. The van der Waals surface area contributed by atoms with E-state index in [1.807, 2.05) is 0 Å². The molecule has 1 heterocycles. The van der Waals surface area contributed by atoms with Gasteiger partial charge in [0.05, 0.1) is 11.0 Å². The monoisotopic (exact) mass is 436 g/mol. The zero-order valence-electron chi connectivity index (χ0n) is 15.7. The molecule has 0 spiro atoms. The van der Waals surface area contributed by atoms with Crippen molar-refractivity contribution in [3.63, 3.8) is 0 Å². The highest BCUT2D eigenvalue weighted by molar-refractivity contribution is 6.36. The number of rotatable bonds is 5. The van der Waals surface area contributed by atoms with Gasteiger partial charge < -0.3 is 4.98 Å². The molecule has 1 fully saturated rings.